The van der Waals surface area contributed by atoms with Gasteiger partial charge in [0.05, 0.1) is 5.52 Å². The van der Waals surface area contributed by atoms with Gasteiger partial charge in [0.1, 0.15) is 0 Å². The Labute approximate surface area is 108 Å². The molecule has 3 heteroatoms. The quantitative estimate of drug-likeness (QED) is 0.877. The number of nitrogens with two attached hydrogens (primary N) is 1. The molecule has 1 aliphatic heterocycles. The van der Waals surface area contributed by atoms with Gasteiger partial charge in [0, 0.05) is 30.2 Å². The number of fused-ring (bicyclic) bond motifs is 1. The second-order valence-electron chi connectivity index (χ2n) is 4.98. The van der Waals surface area contributed by atoms with Crippen LogP contribution in [0, 0.1) is 0 Å². The van der Waals surface area contributed by atoms with E-state index in [-0.39, 0.29) is 6.04 Å². The summed E-state index contributed by atoms with van der Waals surface area (Å²) in [5, 5.41) is 1.20. The number of hydrogen-bond acceptors (Lipinski definition) is 3. The Kier molecular flexibility index (Phi) is 3.02. The highest BCUT2D eigenvalue weighted by atomic mass is 15.2. The fraction of sp³-hybridized carbons (Fsp3) is 0.400. The number of pyridine rings is 1. The molecule has 2 unspecified atom stereocenters. The zero-order valence-corrected chi connectivity index (χ0v) is 10.7. The Bertz CT molecular complexity index is 552. The highest BCUT2D eigenvalue weighted by Gasteiger charge is 2.31. The number of benzene rings is 1. The molecule has 0 spiro atoms. The molecule has 0 saturated carbocycles. The molecule has 0 bridgehead atoms. The Morgan fingerprint density at radius 1 is 1.39 bits per heavy atom. The van der Waals surface area contributed by atoms with Crippen LogP contribution in [0.2, 0.25) is 0 Å². The van der Waals surface area contributed by atoms with Gasteiger partial charge in [0.25, 0.3) is 0 Å². The van der Waals surface area contributed by atoms with Crippen LogP contribution in [0.25, 0.3) is 10.9 Å². The maximum absolute atomic E-state index is 6.26. The van der Waals surface area contributed by atoms with E-state index >= 15 is 0 Å². The molecule has 1 saturated heterocycles. The van der Waals surface area contributed by atoms with Crippen molar-refractivity contribution < 1.29 is 0 Å². The van der Waals surface area contributed by atoms with Gasteiger partial charge in [0.15, 0.2) is 0 Å². The van der Waals surface area contributed by atoms with E-state index in [9.17, 15) is 0 Å². The zero-order valence-electron chi connectivity index (χ0n) is 10.7. The molecule has 3 nitrogen and oxygen atoms in total. The van der Waals surface area contributed by atoms with Crippen molar-refractivity contribution >= 4 is 10.9 Å². The first-order valence-corrected chi connectivity index (χ1v) is 6.64. The average Bonchev–Trinajstić information content (AvgIpc) is 2.79. The summed E-state index contributed by atoms with van der Waals surface area (Å²) in [5.41, 5.74) is 8.64. The van der Waals surface area contributed by atoms with Gasteiger partial charge >= 0.3 is 0 Å². The van der Waals surface area contributed by atoms with E-state index in [2.05, 4.69) is 41.1 Å². The fourth-order valence-corrected chi connectivity index (χ4v) is 2.97. The largest absolute Gasteiger partial charge is 0.326 e. The molecule has 18 heavy (non-hydrogen) atoms. The van der Waals surface area contributed by atoms with Gasteiger partial charge < -0.3 is 5.73 Å². The lowest BCUT2D eigenvalue weighted by molar-refractivity contribution is 0.261. The average molecular weight is 241 g/mol. The summed E-state index contributed by atoms with van der Waals surface area (Å²) in [4.78, 5) is 6.82. The van der Waals surface area contributed by atoms with Gasteiger partial charge in [-0.2, -0.15) is 0 Å². The minimum absolute atomic E-state index is 0.249. The topological polar surface area (TPSA) is 42.1 Å². The molecule has 0 aliphatic carbocycles. The first-order valence-electron chi connectivity index (χ1n) is 6.64. The van der Waals surface area contributed by atoms with Crippen LogP contribution in [0.3, 0.4) is 0 Å². The van der Waals surface area contributed by atoms with Crippen LogP contribution in [0.5, 0.6) is 0 Å². The lowest BCUT2D eigenvalue weighted by Crippen LogP contribution is -2.31. The third-order valence-electron chi connectivity index (χ3n) is 3.92. The minimum Gasteiger partial charge on any atom is -0.326 e. The Balaban J connectivity index is 2.03. The number of rotatable bonds is 2. The molecule has 0 radical (unpaired) electrons. The molecule has 1 fully saturated rings. The van der Waals surface area contributed by atoms with E-state index in [4.69, 9.17) is 5.73 Å². The van der Waals surface area contributed by atoms with Crippen LogP contribution in [-0.4, -0.2) is 29.0 Å². The van der Waals surface area contributed by atoms with Crippen LogP contribution >= 0.6 is 0 Å². The first kappa shape index (κ1) is 11.6. The molecule has 1 aliphatic rings. The normalized spacial score (nSPS) is 24.8. The molecule has 2 N–H and O–H groups in total. The zero-order chi connectivity index (χ0) is 12.5. The number of aromatic nitrogens is 1. The molecule has 2 heterocycles. The van der Waals surface area contributed by atoms with Crippen LogP contribution < -0.4 is 5.73 Å². The monoisotopic (exact) mass is 241 g/mol. The SMILES string of the molecule is CCN1CCC(N)C1c1ccc2ncccc2c1. The number of likely N-dealkylation sites (tertiary alicyclic amines) is 1. The highest BCUT2D eigenvalue weighted by molar-refractivity contribution is 5.79. The van der Waals surface area contributed by atoms with Crippen molar-refractivity contribution in [3.05, 3.63) is 42.1 Å². The van der Waals surface area contributed by atoms with Crippen LogP contribution in [0.1, 0.15) is 24.9 Å². The summed E-state index contributed by atoms with van der Waals surface area (Å²) in [5.74, 6) is 0. The molecule has 2 aromatic rings. The van der Waals surface area contributed by atoms with Gasteiger partial charge in [-0.1, -0.05) is 19.1 Å². The number of hydrogen-bond donors (Lipinski definition) is 1. The first-order chi connectivity index (χ1) is 8.79. The summed E-state index contributed by atoms with van der Waals surface area (Å²) in [7, 11) is 0. The van der Waals surface area contributed by atoms with Gasteiger partial charge in [-0.3, -0.25) is 9.88 Å². The maximum atomic E-state index is 6.26. The van der Waals surface area contributed by atoms with Crippen LogP contribution in [0.4, 0.5) is 0 Å². The van der Waals surface area contributed by atoms with Crippen molar-refractivity contribution in [2.75, 3.05) is 13.1 Å². The van der Waals surface area contributed by atoms with Crippen LogP contribution in [0.15, 0.2) is 36.5 Å². The van der Waals surface area contributed by atoms with Gasteiger partial charge in [-0.15, -0.1) is 0 Å². The highest BCUT2D eigenvalue weighted by Crippen LogP contribution is 2.32. The van der Waals surface area contributed by atoms with Crippen molar-refractivity contribution in [3.8, 4) is 0 Å². The lowest BCUT2D eigenvalue weighted by atomic mass is 9.99. The third-order valence-corrected chi connectivity index (χ3v) is 3.92. The predicted molar refractivity (Wildman–Crippen MR) is 74.3 cm³/mol. The molecule has 3 rings (SSSR count). The smallest absolute Gasteiger partial charge is 0.0702 e. The minimum atomic E-state index is 0.249. The number of nitrogens with zero attached hydrogens (tertiary/aromatic N) is 2. The van der Waals surface area contributed by atoms with E-state index in [0.717, 1.165) is 25.0 Å². The third kappa shape index (κ3) is 1.89. The summed E-state index contributed by atoms with van der Waals surface area (Å²) in [6, 6.07) is 11.2. The van der Waals surface area contributed by atoms with E-state index in [1.54, 1.807) is 0 Å². The summed E-state index contributed by atoms with van der Waals surface area (Å²) < 4.78 is 0. The van der Waals surface area contributed by atoms with Gasteiger partial charge in [-0.05, 0) is 36.7 Å². The van der Waals surface area contributed by atoms with E-state index in [1.807, 2.05) is 12.3 Å². The van der Waals surface area contributed by atoms with Crippen molar-refractivity contribution in [1.82, 2.24) is 9.88 Å². The van der Waals surface area contributed by atoms with Crippen molar-refractivity contribution in [1.29, 1.82) is 0 Å². The van der Waals surface area contributed by atoms with Crippen molar-refractivity contribution in [2.24, 2.45) is 5.73 Å². The van der Waals surface area contributed by atoms with Gasteiger partial charge in [-0.25, -0.2) is 0 Å². The van der Waals surface area contributed by atoms with E-state index < -0.39 is 0 Å². The summed E-state index contributed by atoms with van der Waals surface area (Å²) in [6.07, 6.45) is 2.92. The predicted octanol–water partition coefficient (Wildman–Crippen LogP) is 2.33. The summed E-state index contributed by atoms with van der Waals surface area (Å²) >= 11 is 0. The molecule has 1 aromatic carbocycles. The molecule has 94 valence electrons. The standard InChI is InChI=1S/C15H19N3/c1-2-18-9-7-13(16)15(18)12-5-6-14-11(10-12)4-3-8-17-14/h3-6,8,10,13,15H,2,7,9,16H2,1H3. The number of likely N-dealkylation sites (N-methyl/N-ethyl adjacent to an activating group) is 1. The molecular formula is C15H19N3. The maximum Gasteiger partial charge on any atom is 0.0702 e. The fourth-order valence-electron chi connectivity index (χ4n) is 2.97. The van der Waals surface area contributed by atoms with Crippen molar-refractivity contribution in [2.45, 2.75) is 25.4 Å². The molecular weight excluding hydrogens is 222 g/mol. The van der Waals surface area contributed by atoms with E-state index in [0.29, 0.717) is 6.04 Å². The van der Waals surface area contributed by atoms with Crippen molar-refractivity contribution in [3.63, 3.8) is 0 Å². The van der Waals surface area contributed by atoms with Gasteiger partial charge in [0.2, 0.25) is 0 Å². The molecule has 2 atom stereocenters. The Hall–Kier alpha value is -1.45. The Morgan fingerprint density at radius 3 is 3.11 bits per heavy atom. The Morgan fingerprint density at radius 2 is 2.28 bits per heavy atom. The van der Waals surface area contributed by atoms with Crippen LogP contribution in [-0.2, 0) is 0 Å². The molecule has 0 amide bonds. The second kappa shape index (κ2) is 4.67. The summed E-state index contributed by atoms with van der Waals surface area (Å²) in [6.45, 7) is 4.37. The lowest BCUT2D eigenvalue weighted by Gasteiger charge is -2.26. The molecule has 1 aromatic heterocycles. The van der Waals surface area contributed by atoms with E-state index in [1.165, 1.54) is 10.9 Å². The second-order valence-corrected chi connectivity index (χ2v) is 4.98.